The van der Waals surface area contributed by atoms with Gasteiger partial charge >= 0.3 is 0 Å². The topological polar surface area (TPSA) is 103 Å². The number of hydrogen-bond donors (Lipinski definition) is 2. The number of methoxy groups -OCH3 is 1. The van der Waals surface area contributed by atoms with Crippen molar-refractivity contribution in [3.8, 4) is 41.0 Å². The maximum Gasteiger partial charge on any atom is 0.213 e. The lowest BCUT2D eigenvalue weighted by atomic mass is 9.96. The first-order chi connectivity index (χ1) is 17.0. The summed E-state index contributed by atoms with van der Waals surface area (Å²) in [5, 5.41) is 18.9. The van der Waals surface area contributed by atoms with E-state index in [4.69, 9.17) is 19.3 Å². The fourth-order valence-electron chi connectivity index (χ4n) is 4.52. The Kier molecular flexibility index (Phi) is 5.74. The van der Waals surface area contributed by atoms with Crippen molar-refractivity contribution in [2.75, 3.05) is 25.6 Å². The average Bonchev–Trinajstić information content (AvgIpc) is 3.51. The number of aromatic nitrogens is 4. The largest absolute Gasteiger partial charge is 0.493 e. The van der Waals surface area contributed by atoms with Gasteiger partial charge in [-0.25, -0.2) is 9.37 Å². The molecule has 10 heteroatoms. The summed E-state index contributed by atoms with van der Waals surface area (Å²) in [6.07, 6.45) is 7.03. The number of ether oxygens (including phenoxy) is 3. The molecule has 35 heavy (non-hydrogen) atoms. The van der Waals surface area contributed by atoms with Crippen molar-refractivity contribution in [2.24, 2.45) is 0 Å². The van der Waals surface area contributed by atoms with Gasteiger partial charge in [-0.1, -0.05) is 6.42 Å². The van der Waals surface area contributed by atoms with E-state index in [1.165, 1.54) is 12.2 Å². The van der Waals surface area contributed by atoms with Gasteiger partial charge in [-0.2, -0.15) is 0 Å². The summed E-state index contributed by atoms with van der Waals surface area (Å²) >= 11 is 0. The molecule has 0 aliphatic carbocycles. The van der Waals surface area contributed by atoms with Crippen molar-refractivity contribution < 1.29 is 23.7 Å². The Balaban J connectivity index is 0.000000806. The minimum Gasteiger partial charge on any atom is -0.493 e. The second kappa shape index (κ2) is 9.02. The predicted molar refractivity (Wildman–Crippen MR) is 126 cm³/mol. The summed E-state index contributed by atoms with van der Waals surface area (Å²) in [4.78, 5) is 4.49. The van der Waals surface area contributed by atoms with Crippen molar-refractivity contribution in [3.05, 3.63) is 59.3 Å². The van der Waals surface area contributed by atoms with E-state index in [9.17, 15) is 4.39 Å². The number of aliphatic hydroxyl groups is 1. The highest BCUT2D eigenvalue weighted by Crippen LogP contribution is 2.42. The molecule has 178 valence electrons. The Bertz CT molecular complexity index is 1460. The van der Waals surface area contributed by atoms with E-state index in [0.29, 0.717) is 48.4 Å². The summed E-state index contributed by atoms with van der Waals surface area (Å²) in [6, 6.07) is 8.84. The molecule has 0 saturated carbocycles. The smallest absolute Gasteiger partial charge is 0.213 e. The lowest BCUT2D eigenvalue weighted by Crippen LogP contribution is -2.13. The number of nitrogens with one attached hydrogen (secondary N) is 1. The van der Waals surface area contributed by atoms with E-state index in [0.717, 1.165) is 28.1 Å². The normalized spacial score (nSPS) is 15.4. The molecule has 0 unspecified atom stereocenters. The quantitative estimate of drug-likeness (QED) is 0.424. The van der Waals surface area contributed by atoms with Gasteiger partial charge in [0.15, 0.2) is 17.2 Å². The Morgan fingerprint density at radius 2 is 1.97 bits per heavy atom. The van der Waals surface area contributed by atoms with Crippen molar-refractivity contribution >= 4 is 11.5 Å². The first kappa shape index (κ1) is 22.3. The summed E-state index contributed by atoms with van der Waals surface area (Å²) in [5.74, 6) is 2.26. The number of rotatable bonds is 2. The Hall–Kier alpha value is -4.52. The van der Waals surface area contributed by atoms with Gasteiger partial charge in [-0.15, -0.1) is 10.2 Å². The molecule has 2 aliphatic heterocycles. The number of benzene rings is 1. The van der Waals surface area contributed by atoms with E-state index in [1.54, 1.807) is 19.5 Å². The molecule has 0 amide bonds. The third-order valence-electron chi connectivity index (χ3n) is 6.08. The molecule has 3 aromatic heterocycles. The number of halogens is 1. The van der Waals surface area contributed by atoms with Crippen LogP contribution >= 0.6 is 0 Å². The van der Waals surface area contributed by atoms with E-state index in [1.807, 2.05) is 29.5 Å². The highest BCUT2D eigenvalue weighted by atomic mass is 19.1. The monoisotopic (exact) mass is 475 g/mol. The lowest BCUT2D eigenvalue weighted by Gasteiger charge is -2.17. The number of hydrogen-bond acceptors (Lipinski definition) is 8. The molecule has 1 aromatic carbocycles. The highest BCUT2D eigenvalue weighted by molar-refractivity contribution is 5.83. The number of terminal acetylenes is 1. The SMILES string of the molecule is C#CO.COc1ccc(-c2cc3c(n4cnnc24)NCc2c(F)ccc4c2[C@H](CO4)CO3)c(C)n1. The fourth-order valence-corrected chi connectivity index (χ4v) is 4.52. The standard InChI is InChI=1S/C23H20FN5O3.C2H2O/c1-12-14(3-6-20(27-12)30-2)15-7-19-23(29-11-26-28-22(15)29)25-8-16-17(24)4-5-18-21(16)13(9-31-18)10-32-19;1-2-3/h3-7,11,13,25H,8-10H2,1-2H3;1,3H/t13-;/m1./s1. The van der Waals surface area contributed by atoms with Crippen LogP contribution in [-0.4, -0.2) is 45.0 Å². The Morgan fingerprint density at radius 3 is 2.71 bits per heavy atom. The Morgan fingerprint density at radius 1 is 1.20 bits per heavy atom. The van der Waals surface area contributed by atoms with Crippen LogP contribution < -0.4 is 19.5 Å². The third kappa shape index (κ3) is 3.81. The van der Waals surface area contributed by atoms with Gasteiger partial charge in [0.1, 0.15) is 24.0 Å². The van der Waals surface area contributed by atoms with Crippen LogP contribution in [0.1, 0.15) is 22.7 Å². The minimum absolute atomic E-state index is 0.0482. The minimum atomic E-state index is -0.258. The van der Waals surface area contributed by atoms with Crippen LogP contribution in [0.15, 0.2) is 36.7 Å². The van der Waals surface area contributed by atoms with Gasteiger partial charge in [0.05, 0.1) is 26.2 Å². The number of fused-ring (bicyclic) bond motifs is 3. The first-order valence-electron chi connectivity index (χ1n) is 10.8. The van der Waals surface area contributed by atoms with Crippen LogP contribution in [0.25, 0.3) is 16.8 Å². The Labute approximate surface area is 200 Å². The van der Waals surface area contributed by atoms with Gasteiger partial charge in [0.2, 0.25) is 5.88 Å². The zero-order chi connectivity index (χ0) is 24.5. The number of pyridine rings is 2. The van der Waals surface area contributed by atoms with Gasteiger partial charge in [0, 0.05) is 40.6 Å². The summed E-state index contributed by atoms with van der Waals surface area (Å²) in [5.41, 5.74) is 4.66. The van der Waals surface area contributed by atoms with Gasteiger partial charge in [-0.3, -0.25) is 4.40 Å². The van der Waals surface area contributed by atoms with E-state index in [2.05, 4.69) is 26.9 Å². The molecule has 0 radical (unpaired) electrons. The molecule has 2 aliphatic rings. The molecule has 9 nitrogen and oxygen atoms in total. The van der Waals surface area contributed by atoms with Crippen molar-refractivity contribution in [3.63, 3.8) is 0 Å². The molecule has 5 heterocycles. The van der Waals surface area contributed by atoms with Crippen LogP contribution in [0.2, 0.25) is 0 Å². The second-order valence-electron chi connectivity index (χ2n) is 8.02. The first-order valence-corrected chi connectivity index (χ1v) is 10.8. The molecule has 4 aromatic rings. The van der Waals surface area contributed by atoms with Crippen molar-refractivity contribution in [2.45, 2.75) is 19.4 Å². The fraction of sp³-hybridized carbons (Fsp3) is 0.240. The maximum atomic E-state index is 14.7. The molecule has 0 bridgehead atoms. The molecular weight excluding hydrogens is 453 g/mol. The summed E-state index contributed by atoms with van der Waals surface area (Å²) < 4.78 is 33.9. The van der Waals surface area contributed by atoms with Gasteiger partial charge < -0.3 is 24.6 Å². The van der Waals surface area contributed by atoms with Crippen molar-refractivity contribution in [1.82, 2.24) is 19.6 Å². The molecule has 6 rings (SSSR count). The highest BCUT2D eigenvalue weighted by Gasteiger charge is 2.31. The van der Waals surface area contributed by atoms with E-state index >= 15 is 0 Å². The molecule has 0 saturated heterocycles. The van der Waals surface area contributed by atoms with E-state index < -0.39 is 0 Å². The summed E-state index contributed by atoms with van der Waals surface area (Å²) in [7, 11) is 1.59. The third-order valence-corrected chi connectivity index (χ3v) is 6.08. The number of anilines is 1. The summed E-state index contributed by atoms with van der Waals surface area (Å²) in [6.45, 7) is 3.04. The van der Waals surface area contributed by atoms with Gasteiger partial charge in [-0.05, 0) is 31.2 Å². The van der Waals surface area contributed by atoms with Crippen LogP contribution in [0.5, 0.6) is 17.4 Å². The number of nitrogens with zero attached hydrogens (tertiary/aromatic N) is 4. The van der Waals surface area contributed by atoms with Gasteiger partial charge in [0.25, 0.3) is 0 Å². The van der Waals surface area contributed by atoms with Crippen LogP contribution in [0, 0.1) is 25.3 Å². The molecule has 0 fully saturated rings. The van der Waals surface area contributed by atoms with Crippen LogP contribution in [0.4, 0.5) is 10.2 Å². The maximum absolute atomic E-state index is 14.7. The van der Waals surface area contributed by atoms with Crippen LogP contribution in [0.3, 0.4) is 0 Å². The second-order valence-corrected chi connectivity index (χ2v) is 8.02. The van der Waals surface area contributed by atoms with Crippen molar-refractivity contribution in [1.29, 1.82) is 0 Å². The molecule has 2 N–H and O–H groups in total. The van der Waals surface area contributed by atoms with E-state index in [-0.39, 0.29) is 11.7 Å². The van der Waals surface area contributed by atoms with Crippen LogP contribution in [-0.2, 0) is 6.54 Å². The number of aryl methyl sites for hydroxylation is 1. The predicted octanol–water partition coefficient (Wildman–Crippen LogP) is 3.68. The lowest BCUT2D eigenvalue weighted by molar-refractivity contribution is 0.249. The zero-order valence-corrected chi connectivity index (χ0v) is 19.1. The average molecular weight is 475 g/mol. The zero-order valence-electron chi connectivity index (χ0n) is 19.1. The molecular formula is C25H22FN5O4. The molecule has 1 atom stereocenters. The number of aliphatic hydroxyl groups excluding tert-OH is 1. The molecule has 0 spiro atoms.